The number of furan rings is 1. The average Bonchev–Trinajstić information content (AvgIpc) is 3.35. The lowest BCUT2D eigenvalue weighted by Gasteiger charge is -2.19. The predicted octanol–water partition coefficient (Wildman–Crippen LogP) is 6.15. The number of rotatable bonds is 9. The molecule has 0 aliphatic heterocycles. The van der Waals surface area contributed by atoms with Gasteiger partial charge in [0.1, 0.15) is 5.02 Å². The van der Waals surface area contributed by atoms with E-state index in [4.69, 9.17) is 25.5 Å². The summed E-state index contributed by atoms with van der Waals surface area (Å²) in [5, 5.41) is 9.20. The maximum atomic E-state index is 13.0. The minimum atomic E-state index is -4.46. The van der Waals surface area contributed by atoms with Crippen molar-refractivity contribution in [2.75, 3.05) is 0 Å². The number of alkyl halides is 3. The SMILES string of the molecule is CC(Oc1ccccc1Oc1ncc(C(C)C(F)(F)F)cc1Cl)C(=O)C(C#N)C(=O)c1ccco1. The minimum absolute atomic E-state index is 0.0566. The van der Waals surface area contributed by atoms with Gasteiger partial charge in [-0.25, -0.2) is 4.98 Å². The molecule has 3 aromatic rings. The molecule has 0 radical (unpaired) electrons. The summed E-state index contributed by atoms with van der Waals surface area (Å²) in [4.78, 5) is 29.0. The van der Waals surface area contributed by atoms with Gasteiger partial charge in [-0.3, -0.25) is 9.59 Å². The monoisotopic (exact) mass is 506 g/mol. The number of halogens is 4. The number of nitrogens with zero attached hydrogens (tertiary/aromatic N) is 2. The summed E-state index contributed by atoms with van der Waals surface area (Å²) in [6.07, 6.45) is -3.44. The van der Waals surface area contributed by atoms with Crippen molar-refractivity contribution in [2.24, 2.45) is 5.92 Å². The van der Waals surface area contributed by atoms with Crippen molar-refractivity contribution in [2.45, 2.75) is 32.0 Å². The summed E-state index contributed by atoms with van der Waals surface area (Å²) in [5.41, 5.74) is -0.137. The Morgan fingerprint density at radius 2 is 1.83 bits per heavy atom. The van der Waals surface area contributed by atoms with Gasteiger partial charge in [0.15, 0.2) is 35.1 Å². The number of hydrogen-bond acceptors (Lipinski definition) is 7. The van der Waals surface area contributed by atoms with Crippen molar-refractivity contribution >= 4 is 23.2 Å². The van der Waals surface area contributed by atoms with E-state index in [-0.39, 0.29) is 33.7 Å². The zero-order chi connectivity index (χ0) is 25.8. The van der Waals surface area contributed by atoms with Crippen molar-refractivity contribution in [3.63, 3.8) is 0 Å². The number of hydrogen-bond donors (Lipinski definition) is 0. The average molecular weight is 507 g/mol. The van der Waals surface area contributed by atoms with Gasteiger partial charge in [0, 0.05) is 6.20 Å². The van der Waals surface area contributed by atoms with E-state index >= 15 is 0 Å². The van der Waals surface area contributed by atoms with Gasteiger partial charge in [-0.15, -0.1) is 0 Å². The molecular formula is C24H18ClF3N2O5. The number of carbonyl (C=O) groups excluding carboxylic acids is 2. The molecule has 0 spiro atoms. The quantitative estimate of drug-likeness (QED) is 0.253. The van der Waals surface area contributed by atoms with Crippen molar-refractivity contribution in [1.82, 2.24) is 4.98 Å². The van der Waals surface area contributed by atoms with Crippen molar-refractivity contribution < 1.29 is 36.7 Å². The fourth-order valence-electron chi connectivity index (χ4n) is 2.97. The number of nitriles is 1. The molecule has 0 saturated heterocycles. The molecule has 3 rings (SSSR count). The van der Waals surface area contributed by atoms with Crippen LogP contribution >= 0.6 is 11.6 Å². The number of ether oxygens (including phenoxy) is 2. The first-order chi connectivity index (χ1) is 16.5. The highest BCUT2D eigenvalue weighted by molar-refractivity contribution is 6.31. The highest BCUT2D eigenvalue weighted by Gasteiger charge is 2.37. The molecule has 0 amide bonds. The third kappa shape index (κ3) is 6.00. The second kappa shape index (κ2) is 10.6. The molecule has 0 bridgehead atoms. The zero-order valence-corrected chi connectivity index (χ0v) is 19.1. The summed E-state index contributed by atoms with van der Waals surface area (Å²) in [6, 6.07) is 11.7. The van der Waals surface area contributed by atoms with Crippen LogP contribution in [0.3, 0.4) is 0 Å². The van der Waals surface area contributed by atoms with Crippen LogP contribution in [0.5, 0.6) is 17.4 Å². The molecule has 11 heteroatoms. The molecule has 7 nitrogen and oxygen atoms in total. The van der Waals surface area contributed by atoms with Gasteiger partial charge >= 0.3 is 6.18 Å². The third-order valence-electron chi connectivity index (χ3n) is 5.02. The van der Waals surface area contributed by atoms with E-state index < -0.39 is 35.7 Å². The first-order valence-corrected chi connectivity index (χ1v) is 10.6. The molecule has 0 fully saturated rings. The molecule has 0 saturated carbocycles. The van der Waals surface area contributed by atoms with Crippen LogP contribution in [0, 0.1) is 17.2 Å². The Balaban J connectivity index is 1.78. The van der Waals surface area contributed by atoms with Crippen LogP contribution in [0.25, 0.3) is 0 Å². The molecule has 3 atom stereocenters. The molecule has 0 N–H and O–H groups in total. The summed E-state index contributed by atoms with van der Waals surface area (Å²) in [7, 11) is 0. The number of para-hydroxylation sites is 2. The Morgan fingerprint density at radius 1 is 1.14 bits per heavy atom. The molecule has 2 aromatic heterocycles. The molecule has 2 heterocycles. The lowest BCUT2D eigenvalue weighted by Crippen LogP contribution is -2.34. The van der Waals surface area contributed by atoms with Gasteiger partial charge in [-0.1, -0.05) is 23.7 Å². The fraction of sp³-hybridized carbons (Fsp3) is 0.250. The van der Waals surface area contributed by atoms with Gasteiger partial charge in [0.05, 0.1) is 18.3 Å². The maximum absolute atomic E-state index is 13.0. The van der Waals surface area contributed by atoms with Crippen molar-refractivity contribution in [3.8, 4) is 23.4 Å². The minimum Gasteiger partial charge on any atom is -0.479 e. The number of aromatic nitrogens is 1. The van der Waals surface area contributed by atoms with Crippen molar-refractivity contribution in [3.05, 3.63) is 71.3 Å². The van der Waals surface area contributed by atoms with E-state index in [9.17, 15) is 28.0 Å². The largest absolute Gasteiger partial charge is 0.479 e. The Morgan fingerprint density at radius 3 is 2.40 bits per heavy atom. The number of carbonyl (C=O) groups is 2. The number of benzene rings is 1. The number of Topliss-reactive ketones (excluding diaryl/α,β-unsaturated/α-hetero) is 2. The Labute approximate surface area is 203 Å². The normalized spacial score (nSPS) is 13.9. The molecule has 182 valence electrons. The van der Waals surface area contributed by atoms with Crippen LogP contribution in [-0.4, -0.2) is 28.8 Å². The topological polar surface area (TPSA) is 102 Å². The van der Waals surface area contributed by atoms with E-state index in [1.807, 2.05) is 0 Å². The Kier molecular flexibility index (Phi) is 7.82. The number of ketones is 2. The van der Waals surface area contributed by atoms with E-state index in [1.54, 1.807) is 18.2 Å². The first kappa shape index (κ1) is 25.8. The van der Waals surface area contributed by atoms with Crippen LogP contribution in [-0.2, 0) is 4.79 Å². The van der Waals surface area contributed by atoms with Crippen LogP contribution in [0.2, 0.25) is 5.02 Å². The maximum Gasteiger partial charge on any atom is 0.395 e. The van der Waals surface area contributed by atoms with E-state index in [2.05, 4.69) is 4.98 Å². The molecule has 0 aliphatic rings. The smallest absolute Gasteiger partial charge is 0.395 e. The van der Waals surface area contributed by atoms with E-state index in [0.29, 0.717) is 0 Å². The molecule has 35 heavy (non-hydrogen) atoms. The molecule has 3 unspecified atom stereocenters. The predicted molar refractivity (Wildman–Crippen MR) is 117 cm³/mol. The molecule has 1 aromatic carbocycles. The standard InChI is InChI=1S/C24H18ClF3N2O5/c1-13(24(26,27)28)15-10-17(25)23(30-12-15)35-19-7-4-3-6-18(19)34-14(2)21(31)16(11-29)22(32)20-8-5-9-33-20/h3-10,12-14,16H,1-2H3. The number of pyridine rings is 1. The van der Waals surface area contributed by atoms with Crippen molar-refractivity contribution in [1.29, 1.82) is 5.26 Å². The van der Waals surface area contributed by atoms with E-state index in [0.717, 1.165) is 19.2 Å². The fourth-order valence-corrected chi connectivity index (χ4v) is 3.19. The first-order valence-electron chi connectivity index (χ1n) is 10.2. The van der Waals surface area contributed by atoms with Gasteiger partial charge in [-0.05, 0) is 49.7 Å². The molecule has 0 aliphatic carbocycles. The highest BCUT2D eigenvalue weighted by Crippen LogP contribution is 2.38. The summed E-state index contributed by atoms with van der Waals surface area (Å²) in [5.74, 6) is -5.22. The van der Waals surface area contributed by atoms with Gasteiger partial charge in [0.2, 0.25) is 11.7 Å². The Bertz CT molecular complexity index is 1250. The van der Waals surface area contributed by atoms with E-state index in [1.165, 1.54) is 37.5 Å². The lowest BCUT2D eigenvalue weighted by molar-refractivity contribution is -0.146. The van der Waals surface area contributed by atoms with Gasteiger partial charge in [0.25, 0.3) is 0 Å². The summed E-state index contributed by atoms with van der Waals surface area (Å²) < 4.78 is 55.2. The van der Waals surface area contributed by atoms with Gasteiger partial charge < -0.3 is 13.9 Å². The second-order valence-electron chi connectivity index (χ2n) is 7.43. The Hall–Kier alpha value is -3.84. The zero-order valence-electron chi connectivity index (χ0n) is 18.4. The highest BCUT2D eigenvalue weighted by atomic mass is 35.5. The third-order valence-corrected chi connectivity index (χ3v) is 5.29. The van der Waals surface area contributed by atoms with Crippen LogP contribution in [0.4, 0.5) is 13.2 Å². The van der Waals surface area contributed by atoms with Crippen LogP contribution in [0.1, 0.15) is 35.9 Å². The second-order valence-corrected chi connectivity index (χ2v) is 7.84. The lowest BCUT2D eigenvalue weighted by atomic mass is 9.96. The van der Waals surface area contributed by atoms with Crippen LogP contribution < -0.4 is 9.47 Å². The van der Waals surface area contributed by atoms with Gasteiger partial charge in [-0.2, -0.15) is 18.4 Å². The summed E-state index contributed by atoms with van der Waals surface area (Å²) in [6.45, 7) is 2.35. The molecular weight excluding hydrogens is 489 g/mol. The summed E-state index contributed by atoms with van der Waals surface area (Å²) >= 11 is 6.09. The van der Waals surface area contributed by atoms with Crippen LogP contribution in [0.15, 0.2) is 59.3 Å².